The van der Waals surface area contributed by atoms with Gasteiger partial charge in [-0.25, -0.2) is 0 Å². The van der Waals surface area contributed by atoms with Crippen molar-refractivity contribution in [2.24, 2.45) is 23.2 Å². The molecule has 0 saturated heterocycles. The first-order chi connectivity index (χ1) is 18.8. The number of amides is 1. The van der Waals surface area contributed by atoms with Crippen molar-refractivity contribution in [3.8, 4) is 5.75 Å². The highest BCUT2D eigenvalue weighted by Gasteiger charge is 2.56. The van der Waals surface area contributed by atoms with Crippen LogP contribution in [0.2, 0.25) is 0 Å². The molecule has 4 nitrogen and oxygen atoms in total. The van der Waals surface area contributed by atoms with E-state index >= 15 is 0 Å². The van der Waals surface area contributed by atoms with E-state index in [2.05, 4.69) is 42.5 Å². The fourth-order valence-electron chi connectivity index (χ4n) is 8.51. The number of fused-ring (bicyclic) bond motifs is 5. The first-order valence-corrected chi connectivity index (χ1v) is 17.3. The van der Waals surface area contributed by atoms with Crippen LogP contribution in [0.1, 0.15) is 134 Å². The van der Waals surface area contributed by atoms with Crippen LogP contribution in [0, 0.1) is 26.7 Å². The van der Waals surface area contributed by atoms with Gasteiger partial charge in [0.05, 0.1) is 9.67 Å². The van der Waals surface area contributed by atoms with E-state index in [0.29, 0.717) is 41.7 Å². The molecular formula is C34H54INO3. The predicted molar refractivity (Wildman–Crippen MR) is 169 cm³/mol. The van der Waals surface area contributed by atoms with Crippen molar-refractivity contribution in [1.82, 2.24) is 4.90 Å². The zero-order chi connectivity index (χ0) is 28.0. The third kappa shape index (κ3) is 7.16. The van der Waals surface area contributed by atoms with Crippen LogP contribution in [0.4, 0.5) is 0 Å². The molecule has 2 fully saturated rings. The van der Waals surface area contributed by atoms with Gasteiger partial charge in [0.25, 0.3) is 0 Å². The van der Waals surface area contributed by atoms with E-state index in [4.69, 9.17) is 0 Å². The smallest absolute Gasteiger partial charge is 0.222 e. The quantitative estimate of drug-likeness (QED) is 0.157. The molecule has 220 valence electrons. The Balaban J connectivity index is 1.22. The average molecular weight is 652 g/mol. The number of hydrogen-bond acceptors (Lipinski definition) is 3. The minimum absolute atomic E-state index is 0.0938. The molecule has 0 aromatic heterocycles. The molecule has 0 aliphatic heterocycles. The number of phenols is 1. The minimum Gasteiger partial charge on any atom is -0.507 e. The molecule has 1 aromatic rings. The number of benzene rings is 1. The van der Waals surface area contributed by atoms with Crippen LogP contribution < -0.4 is 0 Å². The second-order valence-corrected chi connectivity index (χ2v) is 14.5. The van der Waals surface area contributed by atoms with Crippen LogP contribution in [-0.4, -0.2) is 40.7 Å². The third-order valence-electron chi connectivity index (χ3n) is 10.9. The summed E-state index contributed by atoms with van der Waals surface area (Å²) >= 11 is 2.37. The summed E-state index contributed by atoms with van der Waals surface area (Å²) in [7, 11) is 1.94. The normalized spacial score (nSPS) is 29.5. The molecule has 1 amide bonds. The van der Waals surface area contributed by atoms with E-state index < -0.39 is 0 Å². The molecular weight excluding hydrogens is 597 g/mol. The lowest BCUT2D eigenvalue weighted by molar-refractivity contribution is -0.130. The van der Waals surface area contributed by atoms with Gasteiger partial charge in [-0.15, -0.1) is 0 Å². The summed E-state index contributed by atoms with van der Waals surface area (Å²) in [5, 5.41) is 21.4. The molecule has 0 heterocycles. The molecule has 2 N–H and O–H groups in total. The Morgan fingerprint density at radius 2 is 1.72 bits per heavy atom. The fourth-order valence-corrected chi connectivity index (χ4v) is 9.22. The third-order valence-corrected chi connectivity index (χ3v) is 12.1. The van der Waals surface area contributed by atoms with Crippen molar-refractivity contribution in [3.63, 3.8) is 0 Å². The van der Waals surface area contributed by atoms with E-state index in [1.807, 2.05) is 18.0 Å². The first-order valence-electron chi connectivity index (χ1n) is 16.2. The number of nitrogens with zero attached hydrogens (tertiary/aromatic N) is 1. The van der Waals surface area contributed by atoms with Gasteiger partial charge < -0.3 is 15.1 Å². The summed E-state index contributed by atoms with van der Waals surface area (Å²) in [6.45, 7) is 5.44. The molecule has 5 heteroatoms. The number of carbonyl (C=O) groups excluding carboxylic acids is 1. The molecule has 3 aliphatic rings. The van der Waals surface area contributed by atoms with E-state index in [1.54, 1.807) is 0 Å². The summed E-state index contributed by atoms with van der Waals surface area (Å²) in [6.07, 6.45) is 19.6. The molecule has 0 bridgehead atoms. The summed E-state index contributed by atoms with van der Waals surface area (Å²) < 4.78 is 1.07. The number of hydrogen-bond donors (Lipinski definition) is 2. The standard InChI is InChI=1S/C34H54INO3/c1-4-5-22-36(3)31(39)15-13-11-9-7-6-8-10-12-14-24-23-27-25(16-18-29(37)33(27)35)26-20-21-34(2)28(32(24)26)17-19-30(34)38/h16,18,24,26,28,30,32,37-38H,4-15,17,19-23H2,1-3H3/t24-,26-,28+,30+,32-,34+/m1/s1. The van der Waals surface area contributed by atoms with Crippen LogP contribution in [-0.2, 0) is 11.2 Å². The molecule has 4 rings (SSSR count). The number of aliphatic hydroxyl groups excluding tert-OH is 1. The van der Waals surface area contributed by atoms with Gasteiger partial charge in [-0.1, -0.05) is 71.3 Å². The number of phenolic OH excluding ortho intramolecular Hbond substituents is 1. The van der Waals surface area contributed by atoms with Crippen molar-refractivity contribution >= 4 is 28.5 Å². The van der Waals surface area contributed by atoms with Gasteiger partial charge in [0.1, 0.15) is 5.75 Å². The van der Waals surface area contributed by atoms with Crippen LogP contribution in [0.25, 0.3) is 0 Å². The number of carbonyl (C=O) groups is 1. The van der Waals surface area contributed by atoms with Gasteiger partial charge in [-0.05, 0) is 120 Å². The summed E-state index contributed by atoms with van der Waals surface area (Å²) in [4.78, 5) is 14.1. The monoisotopic (exact) mass is 651 g/mol. The highest BCUT2D eigenvalue weighted by Crippen LogP contribution is 2.63. The van der Waals surface area contributed by atoms with Gasteiger partial charge in [0.2, 0.25) is 5.91 Å². The number of halogens is 1. The molecule has 0 spiro atoms. The summed E-state index contributed by atoms with van der Waals surface area (Å²) in [5.74, 6) is 3.32. The summed E-state index contributed by atoms with van der Waals surface area (Å²) in [6, 6.07) is 4.13. The van der Waals surface area contributed by atoms with Crippen molar-refractivity contribution < 1.29 is 15.0 Å². The van der Waals surface area contributed by atoms with E-state index in [-0.39, 0.29) is 11.5 Å². The fraction of sp³-hybridized carbons (Fsp3) is 0.794. The summed E-state index contributed by atoms with van der Waals surface area (Å²) in [5.41, 5.74) is 3.01. The molecule has 3 aliphatic carbocycles. The Hall–Kier alpha value is -0.820. The Morgan fingerprint density at radius 1 is 1.03 bits per heavy atom. The van der Waals surface area contributed by atoms with Crippen molar-refractivity contribution in [2.45, 2.75) is 135 Å². The van der Waals surface area contributed by atoms with Gasteiger partial charge in [0.15, 0.2) is 0 Å². The lowest BCUT2D eigenvalue weighted by Crippen LogP contribution is -2.47. The SMILES string of the molecule is CCCCN(C)C(=O)CCCCCCCCCC[C@@H]1Cc2c(ccc(O)c2I)[C@H]2CC[C@]3(C)[C@@H](O)CC[C@H]3[C@H]12. The van der Waals surface area contributed by atoms with Gasteiger partial charge in [-0.3, -0.25) is 4.79 Å². The Bertz CT molecular complexity index is 951. The van der Waals surface area contributed by atoms with Crippen LogP contribution in [0.5, 0.6) is 5.75 Å². The topological polar surface area (TPSA) is 60.8 Å². The Labute approximate surface area is 251 Å². The zero-order valence-corrected chi connectivity index (χ0v) is 27.1. The maximum atomic E-state index is 12.2. The molecule has 1 aromatic carbocycles. The minimum atomic E-state index is -0.134. The molecule has 2 saturated carbocycles. The molecule has 0 radical (unpaired) electrons. The van der Waals surface area contributed by atoms with E-state index in [0.717, 1.165) is 48.6 Å². The van der Waals surface area contributed by atoms with Crippen molar-refractivity contribution in [3.05, 3.63) is 26.8 Å². The van der Waals surface area contributed by atoms with Crippen molar-refractivity contribution in [2.75, 3.05) is 13.6 Å². The highest BCUT2D eigenvalue weighted by atomic mass is 127. The lowest BCUT2D eigenvalue weighted by Gasteiger charge is -2.53. The second kappa shape index (κ2) is 14.4. The van der Waals surface area contributed by atoms with Crippen LogP contribution in [0.15, 0.2) is 12.1 Å². The Morgan fingerprint density at radius 3 is 2.44 bits per heavy atom. The van der Waals surface area contributed by atoms with Gasteiger partial charge in [0, 0.05) is 20.0 Å². The first kappa shape index (κ1) is 31.1. The molecule has 6 atom stereocenters. The molecule has 39 heavy (non-hydrogen) atoms. The van der Waals surface area contributed by atoms with Crippen LogP contribution in [0.3, 0.4) is 0 Å². The largest absolute Gasteiger partial charge is 0.507 e. The average Bonchev–Trinajstić information content (AvgIpc) is 3.24. The molecule has 0 unspecified atom stereocenters. The van der Waals surface area contributed by atoms with E-state index in [9.17, 15) is 15.0 Å². The second-order valence-electron chi connectivity index (χ2n) is 13.4. The predicted octanol–water partition coefficient (Wildman–Crippen LogP) is 8.60. The zero-order valence-electron chi connectivity index (χ0n) is 24.9. The van der Waals surface area contributed by atoms with Gasteiger partial charge in [-0.2, -0.15) is 0 Å². The lowest BCUT2D eigenvalue weighted by atomic mass is 9.52. The van der Waals surface area contributed by atoms with Gasteiger partial charge >= 0.3 is 0 Å². The number of rotatable bonds is 14. The van der Waals surface area contributed by atoms with Crippen LogP contribution >= 0.6 is 22.6 Å². The maximum Gasteiger partial charge on any atom is 0.222 e. The van der Waals surface area contributed by atoms with E-state index in [1.165, 1.54) is 75.3 Å². The maximum absolute atomic E-state index is 12.2. The number of aliphatic hydroxyl groups is 1. The number of aromatic hydroxyl groups is 1. The highest BCUT2D eigenvalue weighted by molar-refractivity contribution is 14.1. The number of unbranched alkanes of at least 4 members (excludes halogenated alkanes) is 8. The Kier molecular flexibility index (Phi) is 11.5. The van der Waals surface area contributed by atoms with Crippen molar-refractivity contribution in [1.29, 1.82) is 0 Å².